The van der Waals surface area contributed by atoms with Crippen molar-refractivity contribution in [1.29, 1.82) is 0 Å². The van der Waals surface area contributed by atoms with Gasteiger partial charge < -0.3 is 16.0 Å². The Hall–Kier alpha value is -2.35. The number of benzene rings is 1. The molecule has 1 aromatic heterocycles. The molecule has 2 heterocycles. The number of carbonyl (C=O) groups excluding carboxylic acids is 2. The molecule has 144 valence electrons. The Balaban J connectivity index is 1.63. The van der Waals surface area contributed by atoms with E-state index < -0.39 is 0 Å². The van der Waals surface area contributed by atoms with E-state index in [1.54, 1.807) is 0 Å². The summed E-state index contributed by atoms with van der Waals surface area (Å²) in [6.45, 7) is 5.67. The lowest BCUT2D eigenvalue weighted by atomic mass is 9.96. The zero-order valence-electron chi connectivity index (χ0n) is 15.5. The summed E-state index contributed by atoms with van der Waals surface area (Å²) in [5.74, 6) is -0.257. The van der Waals surface area contributed by atoms with Gasteiger partial charge in [0.2, 0.25) is 5.91 Å². The van der Waals surface area contributed by atoms with E-state index in [2.05, 4.69) is 36.3 Å². The molecular formula is C19H24BrN5O2. The number of nitrogens with zero attached hydrogens (tertiary/aromatic N) is 2. The Morgan fingerprint density at radius 3 is 2.41 bits per heavy atom. The average Bonchev–Trinajstić information content (AvgIpc) is 3.04. The van der Waals surface area contributed by atoms with Gasteiger partial charge in [-0.1, -0.05) is 13.8 Å². The molecule has 1 fully saturated rings. The second kappa shape index (κ2) is 8.12. The summed E-state index contributed by atoms with van der Waals surface area (Å²) in [4.78, 5) is 26.0. The third kappa shape index (κ3) is 4.32. The minimum absolute atomic E-state index is 0.0251. The molecule has 7 nitrogen and oxygen atoms in total. The van der Waals surface area contributed by atoms with Crippen LogP contribution in [0.25, 0.3) is 0 Å². The van der Waals surface area contributed by atoms with Crippen LogP contribution in [-0.2, 0) is 4.79 Å². The second-order valence-electron chi connectivity index (χ2n) is 7.12. The number of aromatic nitrogens is 2. The van der Waals surface area contributed by atoms with Crippen molar-refractivity contribution >= 4 is 39.1 Å². The van der Waals surface area contributed by atoms with Crippen LogP contribution in [0.1, 0.15) is 48.8 Å². The lowest BCUT2D eigenvalue weighted by Gasteiger charge is -2.32. The minimum atomic E-state index is -0.264. The third-order valence-electron chi connectivity index (χ3n) is 4.91. The van der Waals surface area contributed by atoms with Gasteiger partial charge in [-0.25, -0.2) is 0 Å². The Kier molecular flexibility index (Phi) is 5.84. The van der Waals surface area contributed by atoms with Crippen molar-refractivity contribution in [2.75, 3.05) is 23.3 Å². The van der Waals surface area contributed by atoms with Gasteiger partial charge in [-0.2, -0.15) is 5.10 Å². The van der Waals surface area contributed by atoms with E-state index in [-0.39, 0.29) is 23.7 Å². The van der Waals surface area contributed by atoms with E-state index in [1.807, 2.05) is 38.1 Å². The van der Waals surface area contributed by atoms with Gasteiger partial charge in [0.15, 0.2) is 5.69 Å². The first kappa shape index (κ1) is 19.4. The summed E-state index contributed by atoms with van der Waals surface area (Å²) in [5.41, 5.74) is 8.40. The molecule has 0 spiro atoms. The first-order valence-electron chi connectivity index (χ1n) is 9.06. The predicted molar refractivity (Wildman–Crippen MR) is 109 cm³/mol. The number of piperidine rings is 1. The number of hydrogen-bond acceptors (Lipinski definition) is 4. The van der Waals surface area contributed by atoms with Gasteiger partial charge in [-0.3, -0.25) is 14.7 Å². The maximum atomic E-state index is 12.5. The fourth-order valence-electron chi connectivity index (χ4n) is 3.24. The maximum Gasteiger partial charge on any atom is 0.277 e. The number of halogens is 1. The normalized spacial score (nSPS) is 15.2. The van der Waals surface area contributed by atoms with Crippen molar-refractivity contribution < 1.29 is 9.59 Å². The highest BCUT2D eigenvalue weighted by atomic mass is 79.9. The van der Waals surface area contributed by atoms with Crippen molar-refractivity contribution in [2.24, 2.45) is 11.7 Å². The predicted octanol–water partition coefficient (Wildman–Crippen LogP) is 3.25. The molecule has 0 bridgehead atoms. The largest absolute Gasteiger partial charge is 0.371 e. The molecule has 1 aliphatic heterocycles. The highest BCUT2D eigenvalue weighted by Gasteiger charge is 2.23. The van der Waals surface area contributed by atoms with Crippen molar-refractivity contribution in [3.63, 3.8) is 0 Å². The molecule has 1 aromatic carbocycles. The van der Waals surface area contributed by atoms with E-state index in [0.29, 0.717) is 15.9 Å². The number of amides is 2. The number of nitrogens with one attached hydrogen (secondary N) is 2. The van der Waals surface area contributed by atoms with E-state index in [9.17, 15) is 9.59 Å². The zero-order chi connectivity index (χ0) is 19.6. The number of nitrogens with two attached hydrogens (primary N) is 1. The SMILES string of the molecule is CC(C)c1[nH]nc(C(=O)Nc2ccc(N3CCC(C(N)=O)CC3)cc2)c1Br. The number of anilines is 2. The molecule has 8 heteroatoms. The van der Waals surface area contributed by atoms with Crippen LogP contribution in [0.15, 0.2) is 28.7 Å². The van der Waals surface area contributed by atoms with Crippen LogP contribution in [0.3, 0.4) is 0 Å². The number of primary amides is 1. The molecule has 0 aliphatic carbocycles. The van der Waals surface area contributed by atoms with E-state index in [1.165, 1.54) is 0 Å². The summed E-state index contributed by atoms with van der Waals surface area (Å²) >= 11 is 3.45. The number of H-pyrrole nitrogens is 1. The quantitative estimate of drug-likeness (QED) is 0.672. The maximum absolute atomic E-state index is 12.5. The summed E-state index contributed by atoms with van der Waals surface area (Å²) in [5, 5.41) is 9.89. The minimum Gasteiger partial charge on any atom is -0.371 e. The highest BCUT2D eigenvalue weighted by Crippen LogP contribution is 2.27. The smallest absolute Gasteiger partial charge is 0.277 e. The van der Waals surface area contributed by atoms with E-state index in [0.717, 1.165) is 37.3 Å². The van der Waals surface area contributed by atoms with Crippen molar-refractivity contribution in [2.45, 2.75) is 32.6 Å². The molecule has 1 saturated heterocycles. The van der Waals surface area contributed by atoms with Crippen LogP contribution in [-0.4, -0.2) is 35.1 Å². The summed E-state index contributed by atoms with van der Waals surface area (Å²) in [7, 11) is 0. The Morgan fingerprint density at radius 2 is 1.89 bits per heavy atom. The van der Waals surface area contributed by atoms with Crippen LogP contribution >= 0.6 is 15.9 Å². The number of hydrogen-bond donors (Lipinski definition) is 3. The first-order valence-corrected chi connectivity index (χ1v) is 9.85. The molecule has 0 atom stereocenters. The Labute approximate surface area is 166 Å². The molecule has 27 heavy (non-hydrogen) atoms. The van der Waals surface area contributed by atoms with E-state index in [4.69, 9.17) is 5.73 Å². The summed E-state index contributed by atoms with van der Waals surface area (Å²) in [6, 6.07) is 7.69. The first-order chi connectivity index (χ1) is 12.9. The Morgan fingerprint density at radius 1 is 1.26 bits per heavy atom. The van der Waals surface area contributed by atoms with Crippen molar-refractivity contribution in [3.05, 3.63) is 40.1 Å². The third-order valence-corrected chi connectivity index (χ3v) is 5.72. The standard InChI is InChI=1S/C19H24BrN5O2/c1-11(2)16-15(20)17(24-23-16)19(27)22-13-3-5-14(6-4-13)25-9-7-12(8-10-25)18(21)26/h3-6,11-12H,7-10H2,1-2H3,(H2,21,26)(H,22,27)(H,23,24). The summed E-state index contributed by atoms with van der Waals surface area (Å²) in [6.07, 6.45) is 1.55. The van der Waals surface area contributed by atoms with Crippen LogP contribution in [0, 0.1) is 5.92 Å². The van der Waals surface area contributed by atoms with Gasteiger partial charge in [-0.15, -0.1) is 0 Å². The topological polar surface area (TPSA) is 104 Å². The molecule has 1 aliphatic rings. The van der Waals surface area contributed by atoms with Crippen LogP contribution in [0.4, 0.5) is 11.4 Å². The molecule has 3 rings (SSSR count). The molecule has 0 saturated carbocycles. The molecule has 0 radical (unpaired) electrons. The number of rotatable bonds is 5. The van der Waals surface area contributed by atoms with Gasteiger partial charge in [-0.05, 0) is 59.0 Å². The number of aromatic amines is 1. The molecule has 4 N–H and O–H groups in total. The summed E-state index contributed by atoms with van der Waals surface area (Å²) < 4.78 is 0.698. The van der Waals surface area contributed by atoms with Crippen LogP contribution in [0.5, 0.6) is 0 Å². The average molecular weight is 434 g/mol. The van der Waals surface area contributed by atoms with Crippen LogP contribution < -0.4 is 16.0 Å². The molecule has 0 unspecified atom stereocenters. The van der Waals surface area contributed by atoms with Crippen LogP contribution in [0.2, 0.25) is 0 Å². The lowest BCUT2D eigenvalue weighted by molar-refractivity contribution is -0.122. The van der Waals surface area contributed by atoms with Gasteiger partial charge in [0.1, 0.15) is 0 Å². The van der Waals surface area contributed by atoms with E-state index >= 15 is 0 Å². The van der Waals surface area contributed by atoms with Gasteiger partial charge in [0.25, 0.3) is 5.91 Å². The zero-order valence-corrected chi connectivity index (χ0v) is 17.0. The molecular weight excluding hydrogens is 410 g/mol. The fraction of sp³-hybridized carbons (Fsp3) is 0.421. The number of carbonyl (C=O) groups is 2. The van der Waals surface area contributed by atoms with Crippen molar-refractivity contribution in [1.82, 2.24) is 10.2 Å². The van der Waals surface area contributed by atoms with Gasteiger partial charge in [0.05, 0.1) is 10.2 Å². The molecule has 2 amide bonds. The monoisotopic (exact) mass is 433 g/mol. The van der Waals surface area contributed by atoms with Gasteiger partial charge >= 0.3 is 0 Å². The van der Waals surface area contributed by atoms with Gasteiger partial charge in [0, 0.05) is 30.4 Å². The second-order valence-corrected chi connectivity index (χ2v) is 7.91. The fourth-order valence-corrected chi connectivity index (χ4v) is 4.06. The van der Waals surface area contributed by atoms with Crippen molar-refractivity contribution in [3.8, 4) is 0 Å². The lowest BCUT2D eigenvalue weighted by Crippen LogP contribution is -2.38. The Bertz CT molecular complexity index is 823. The highest BCUT2D eigenvalue weighted by molar-refractivity contribution is 9.10. The molecule has 2 aromatic rings.